The number of nitrogens with zero attached hydrogens (tertiary/aromatic N) is 2. The average molecular weight is 393 g/mol. The summed E-state index contributed by atoms with van der Waals surface area (Å²) in [6.45, 7) is 1.39. The number of amides is 1. The van der Waals surface area contributed by atoms with Crippen LogP contribution in [-0.2, 0) is 14.8 Å². The lowest BCUT2D eigenvalue weighted by Gasteiger charge is -2.21. The number of benzene rings is 2. The predicted octanol–water partition coefficient (Wildman–Crippen LogP) is 2.22. The number of carbonyl (C=O) groups is 1. The van der Waals surface area contributed by atoms with Crippen molar-refractivity contribution in [3.63, 3.8) is 0 Å². The summed E-state index contributed by atoms with van der Waals surface area (Å²) in [5.74, 6) is -1.75. The molecule has 0 saturated carbocycles. The van der Waals surface area contributed by atoms with Crippen molar-refractivity contribution >= 4 is 21.8 Å². The Morgan fingerprint density at radius 3 is 2.63 bits per heavy atom. The van der Waals surface area contributed by atoms with Gasteiger partial charge in [-0.05, 0) is 25.1 Å². The molecule has 2 aromatic carbocycles. The Balaban J connectivity index is 1.71. The number of nitrogens with one attached hydrogen (secondary N) is 1. The molecule has 0 aliphatic carbocycles. The van der Waals surface area contributed by atoms with Gasteiger partial charge in [-0.15, -0.1) is 4.40 Å². The summed E-state index contributed by atoms with van der Waals surface area (Å²) in [6, 6.07) is 8.79. The van der Waals surface area contributed by atoms with E-state index in [0.29, 0.717) is 5.56 Å². The molecule has 1 unspecified atom stereocenters. The number of fused-ring (bicyclic) bond motifs is 1. The number of amidine groups is 1. The van der Waals surface area contributed by atoms with E-state index in [2.05, 4.69) is 9.71 Å². The van der Waals surface area contributed by atoms with Gasteiger partial charge in [-0.3, -0.25) is 4.79 Å². The summed E-state index contributed by atoms with van der Waals surface area (Å²) in [5.41, 5.74) is 0.573. The standard InChI is InChI=1S/C18H17F2N3O3S/c1-11(13-8-7-12(19)9-15(13)20)21-17(24)10-23(2)18-14-5-3-4-6-16(14)27(25,26)22-18/h3-9,11H,10H2,1-2H3,(H,21,24). The van der Waals surface area contributed by atoms with E-state index in [4.69, 9.17) is 0 Å². The number of carbonyl (C=O) groups excluding carboxylic acids is 1. The van der Waals surface area contributed by atoms with E-state index in [1.165, 1.54) is 17.0 Å². The topological polar surface area (TPSA) is 78.8 Å². The van der Waals surface area contributed by atoms with Gasteiger partial charge in [0.05, 0.1) is 12.6 Å². The van der Waals surface area contributed by atoms with Gasteiger partial charge in [-0.2, -0.15) is 8.42 Å². The van der Waals surface area contributed by atoms with Crippen molar-refractivity contribution in [3.8, 4) is 0 Å². The van der Waals surface area contributed by atoms with E-state index in [-0.39, 0.29) is 22.8 Å². The number of hydrogen-bond acceptors (Lipinski definition) is 4. The molecular weight excluding hydrogens is 376 g/mol. The molecule has 1 atom stereocenters. The Hall–Kier alpha value is -2.81. The van der Waals surface area contributed by atoms with Crippen LogP contribution in [0, 0.1) is 11.6 Å². The first-order valence-corrected chi connectivity index (χ1v) is 9.53. The van der Waals surface area contributed by atoms with Crippen LogP contribution in [0.4, 0.5) is 8.78 Å². The molecule has 2 aromatic rings. The van der Waals surface area contributed by atoms with Crippen LogP contribution >= 0.6 is 0 Å². The highest BCUT2D eigenvalue weighted by Crippen LogP contribution is 2.26. The van der Waals surface area contributed by atoms with Gasteiger partial charge >= 0.3 is 0 Å². The minimum Gasteiger partial charge on any atom is -0.349 e. The molecule has 142 valence electrons. The third-order valence-electron chi connectivity index (χ3n) is 4.16. The van der Waals surface area contributed by atoms with Gasteiger partial charge in [0.25, 0.3) is 10.0 Å². The number of likely N-dealkylation sites (N-methyl/N-ethyl adjacent to an activating group) is 1. The van der Waals surface area contributed by atoms with Gasteiger partial charge in [-0.25, -0.2) is 8.78 Å². The minimum absolute atomic E-state index is 0.0917. The molecular formula is C18H17F2N3O3S. The maximum absolute atomic E-state index is 13.8. The van der Waals surface area contributed by atoms with E-state index in [0.717, 1.165) is 12.1 Å². The number of sulfonamides is 1. The normalized spacial score (nSPS) is 15.6. The average Bonchev–Trinajstić information content (AvgIpc) is 2.86. The van der Waals surface area contributed by atoms with Crippen LogP contribution in [0.25, 0.3) is 0 Å². The molecule has 1 amide bonds. The second-order valence-corrected chi connectivity index (χ2v) is 7.77. The third-order valence-corrected chi connectivity index (χ3v) is 5.49. The first kappa shape index (κ1) is 19.0. The van der Waals surface area contributed by atoms with Crippen LogP contribution in [-0.4, -0.2) is 38.7 Å². The van der Waals surface area contributed by atoms with Crippen molar-refractivity contribution < 1.29 is 22.0 Å². The van der Waals surface area contributed by atoms with Gasteiger partial charge in [0.2, 0.25) is 5.91 Å². The lowest BCUT2D eigenvalue weighted by Crippen LogP contribution is -2.39. The van der Waals surface area contributed by atoms with Crippen molar-refractivity contribution in [1.82, 2.24) is 10.2 Å². The molecule has 0 radical (unpaired) electrons. The SMILES string of the molecule is CC(NC(=O)CN(C)C1=NS(=O)(=O)c2ccccc21)c1ccc(F)cc1F. The molecule has 1 aliphatic rings. The smallest absolute Gasteiger partial charge is 0.285 e. The molecule has 1 heterocycles. The van der Waals surface area contributed by atoms with E-state index < -0.39 is 33.6 Å². The fraction of sp³-hybridized carbons (Fsp3) is 0.222. The zero-order chi connectivity index (χ0) is 19.8. The lowest BCUT2D eigenvalue weighted by molar-refractivity contribution is -0.121. The van der Waals surface area contributed by atoms with E-state index in [1.54, 1.807) is 32.2 Å². The van der Waals surface area contributed by atoms with Crippen LogP contribution in [0.2, 0.25) is 0 Å². The first-order chi connectivity index (χ1) is 12.7. The Labute approximate surface area is 155 Å². The molecule has 0 spiro atoms. The fourth-order valence-electron chi connectivity index (χ4n) is 2.87. The maximum atomic E-state index is 13.8. The molecule has 1 aliphatic heterocycles. The van der Waals surface area contributed by atoms with E-state index >= 15 is 0 Å². The van der Waals surface area contributed by atoms with E-state index in [9.17, 15) is 22.0 Å². The van der Waals surface area contributed by atoms with Crippen molar-refractivity contribution in [2.24, 2.45) is 4.40 Å². The lowest BCUT2D eigenvalue weighted by atomic mass is 10.1. The molecule has 0 bridgehead atoms. The molecule has 0 saturated heterocycles. The van der Waals surface area contributed by atoms with Crippen LogP contribution < -0.4 is 5.32 Å². The number of rotatable bonds is 4. The van der Waals surface area contributed by atoms with Crippen molar-refractivity contribution in [2.75, 3.05) is 13.6 Å². The first-order valence-electron chi connectivity index (χ1n) is 8.09. The van der Waals surface area contributed by atoms with Crippen molar-refractivity contribution in [3.05, 3.63) is 65.2 Å². The van der Waals surface area contributed by atoms with Crippen LogP contribution in [0.3, 0.4) is 0 Å². The monoisotopic (exact) mass is 393 g/mol. The molecule has 6 nitrogen and oxygen atoms in total. The van der Waals surface area contributed by atoms with Crippen LogP contribution in [0.5, 0.6) is 0 Å². The summed E-state index contributed by atoms with van der Waals surface area (Å²) >= 11 is 0. The number of halogens is 2. The predicted molar refractivity (Wildman–Crippen MR) is 95.7 cm³/mol. The Bertz CT molecular complexity index is 1040. The second kappa shape index (κ2) is 7.07. The molecule has 9 heteroatoms. The van der Waals surface area contributed by atoms with Crippen molar-refractivity contribution in [1.29, 1.82) is 0 Å². The van der Waals surface area contributed by atoms with E-state index in [1.807, 2.05) is 0 Å². The maximum Gasteiger partial charge on any atom is 0.285 e. The molecule has 0 aromatic heterocycles. The molecule has 3 rings (SSSR count). The quantitative estimate of drug-likeness (QED) is 0.864. The Morgan fingerprint density at radius 1 is 1.22 bits per heavy atom. The molecule has 27 heavy (non-hydrogen) atoms. The summed E-state index contributed by atoms with van der Waals surface area (Å²) in [7, 11) is -2.24. The Kier molecular flexibility index (Phi) is 4.97. The van der Waals surface area contributed by atoms with Crippen molar-refractivity contribution in [2.45, 2.75) is 17.9 Å². The zero-order valence-corrected chi connectivity index (χ0v) is 15.4. The Morgan fingerprint density at radius 2 is 1.93 bits per heavy atom. The van der Waals surface area contributed by atoms with Crippen LogP contribution in [0.15, 0.2) is 51.8 Å². The summed E-state index contributed by atoms with van der Waals surface area (Å²) in [4.78, 5) is 13.8. The summed E-state index contributed by atoms with van der Waals surface area (Å²) in [5, 5.41) is 2.61. The largest absolute Gasteiger partial charge is 0.349 e. The van der Waals surface area contributed by atoms with Gasteiger partial charge in [0.15, 0.2) is 5.84 Å². The summed E-state index contributed by atoms with van der Waals surface area (Å²) in [6.07, 6.45) is 0. The van der Waals surface area contributed by atoms with Gasteiger partial charge < -0.3 is 10.2 Å². The zero-order valence-electron chi connectivity index (χ0n) is 14.6. The summed E-state index contributed by atoms with van der Waals surface area (Å²) < 4.78 is 54.8. The van der Waals surface area contributed by atoms with Gasteiger partial charge in [-0.1, -0.05) is 18.2 Å². The second-order valence-electron chi connectivity index (χ2n) is 6.20. The third kappa shape index (κ3) is 3.82. The number of hydrogen-bond donors (Lipinski definition) is 1. The molecule has 1 N–H and O–H groups in total. The minimum atomic E-state index is -3.78. The van der Waals surface area contributed by atoms with Crippen LogP contribution in [0.1, 0.15) is 24.1 Å². The molecule has 0 fully saturated rings. The highest BCUT2D eigenvalue weighted by Gasteiger charge is 2.31. The van der Waals surface area contributed by atoms with Gasteiger partial charge in [0.1, 0.15) is 16.5 Å². The highest BCUT2D eigenvalue weighted by molar-refractivity contribution is 7.90. The fourth-order valence-corrected chi connectivity index (χ4v) is 4.12. The highest BCUT2D eigenvalue weighted by atomic mass is 32.2. The van der Waals surface area contributed by atoms with Gasteiger partial charge in [0, 0.05) is 24.2 Å².